The molecule has 1 rings (SSSR count). The molecule has 0 radical (unpaired) electrons. The van der Waals surface area contributed by atoms with Crippen LogP contribution in [0.3, 0.4) is 0 Å². The van der Waals surface area contributed by atoms with Crippen molar-refractivity contribution in [3.8, 4) is 5.75 Å². The van der Waals surface area contributed by atoms with Crippen LogP contribution >= 0.6 is 0 Å². The Morgan fingerprint density at radius 2 is 1.71 bits per heavy atom. The van der Waals surface area contributed by atoms with Gasteiger partial charge in [-0.1, -0.05) is 32.9 Å². The van der Waals surface area contributed by atoms with E-state index in [1.165, 1.54) is 5.56 Å². The molecule has 0 saturated heterocycles. The fourth-order valence-electron chi connectivity index (χ4n) is 1.01. The maximum absolute atomic E-state index is 5.05. The van der Waals surface area contributed by atoms with Crippen molar-refractivity contribution in [3.63, 3.8) is 0 Å². The summed E-state index contributed by atoms with van der Waals surface area (Å²) < 4.78 is 5.05. The minimum Gasteiger partial charge on any atom is -0.497 e. The third-order valence-electron chi connectivity index (χ3n) is 1.74. The van der Waals surface area contributed by atoms with Gasteiger partial charge in [-0.15, -0.1) is 0 Å². The van der Waals surface area contributed by atoms with E-state index in [2.05, 4.69) is 24.4 Å². The molecule has 0 aliphatic rings. The fraction of sp³-hybridized carbons (Fsp3) is 0.500. The number of hydrogen-bond donors (Lipinski definition) is 1. The lowest BCUT2D eigenvalue weighted by Crippen LogP contribution is -2.11. The van der Waals surface area contributed by atoms with Gasteiger partial charge in [-0.3, -0.25) is 0 Å². The summed E-state index contributed by atoms with van der Waals surface area (Å²) in [6, 6.07) is 8.10. The second-order valence-electron chi connectivity index (χ2n) is 2.63. The summed E-state index contributed by atoms with van der Waals surface area (Å²) in [6.07, 6.45) is 0. The minimum atomic E-state index is 0.912. The van der Waals surface area contributed by atoms with E-state index in [4.69, 9.17) is 4.74 Å². The molecule has 0 aromatic heterocycles. The van der Waals surface area contributed by atoms with E-state index in [1.54, 1.807) is 7.11 Å². The van der Waals surface area contributed by atoms with Gasteiger partial charge in [-0.2, -0.15) is 0 Å². The predicted octanol–water partition coefficient (Wildman–Crippen LogP) is 2.83. The summed E-state index contributed by atoms with van der Waals surface area (Å²) in [7, 11) is 1.68. The van der Waals surface area contributed by atoms with Crippen LogP contribution in [-0.2, 0) is 6.54 Å². The van der Waals surface area contributed by atoms with Crippen molar-refractivity contribution in [1.82, 2.24) is 5.32 Å². The molecule has 0 atom stereocenters. The molecular formula is C12H21NO. The van der Waals surface area contributed by atoms with E-state index in [0.29, 0.717) is 0 Å². The van der Waals surface area contributed by atoms with Crippen LogP contribution in [0.2, 0.25) is 0 Å². The van der Waals surface area contributed by atoms with Crippen LogP contribution in [0.1, 0.15) is 26.3 Å². The largest absolute Gasteiger partial charge is 0.497 e. The van der Waals surface area contributed by atoms with Crippen molar-refractivity contribution >= 4 is 0 Å². The first-order valence-electron chi connectivity index (χ1n) is 5.20. The van der Waals surface area contributed by atoms with Crippen LogP contribution in [-0.4, -0.2) is 13.7 Å². The molecule has 0 aliphatic heterocycles. The van der Waals surface area contributed by atoms with Crippen LogP contribution < -0.4 is 10.1 Å². The maximum Gasteiger partial charge on any atom is 0.118 e. The molecule has 0 unspecified atom stereocenters. The molecule has 0 aliphatic carbocycles. The molecule has 0 heterocycles. The van der Waals surface area contributed by atoms with E-state index in [-0.39, 0.29) is 0 Å². The molecule has 0 fully saturated rings. The first kappa shape index (κ1) is 13.0. The Morgan fingerprint density at radius 1 is 1.14 bits per heavy atom. The SMILES string of the molecule is CC.CCNCc1ccc(OC)cc1. The van der Waals surface area contributed by atoms with Gasteiger partial charge in [0.1, 0.15) is 5.75 Å². The number of methoxy groups -OCH3 is 1. The normalized spacial score (nSPS) is 8.86. The van der Waals surface area contributed by atoms with Crippen LogP contribution in [0.15, 0.2) is 24.3 Å². The fourth-order valence-corrected chi connectivity index (χ4v) is 1.01. The summed E-state index contributed by atoms with van der Waals surface area (Å²) in [5, 5.41) is 3.26. The van der Waals surface area contributed by atoms with Gasteiger partial charge in [0.05, 0.1) is 7.11 Å². The zero-order valence-electron chi connectivity index (χ0n) is 9.63. The molecule has 2 heteroatoms. The third-order valence-corrected chi connectivity index (χ3v) is 1.74. The van der Waals surface area contributed by atoms with Gasteiger partial charge < -0.3 is 10.1 Å². The highest BCUT2D eigenvalue weighted by Gasteiger charge is 1.91. The Labute approximate surface area is 87.3 Å². The first-order chi connectivity index (χ1) is 6.86. The molecule has 0 spiro atoms. The number of rotatable bonds is 4. The van der Waals surface area contributed by atoms with Gasteiger partial charge >= 0.3 is 0 Å². The van der Waals surface area contributed by atoms with Crippen LogP contribution in [0.25, 0.3) is 0 Å². The second-order valence-corrected chi connectivity index (χ2v) is 2.63. The number of ether oxygens (including phenoxy) is 1. The average Bonchev–Trinajstić information content (AvgIpc) is 2.30. The lowest BCUT2D eigenvalue weighted by molar-refractivity contribution is 0.414. The molecule has 14 heavy (non-hydrogen) atoms. The number of hydrogen-bond acceptors (Lipinski definition) is 2. The van der Waals surface area contributed by atoms with Crippen molar-refractivity contribution in [2.24, 2.45) is 0 Å². The first-order valence-corrected chi connectivity index (χ1v) is 5.20. The Balaban J connectivity index is 0.000000791. The lowest BCUT2D eigenvalue weighted by atomic mass is 10.2. The van der Waals surface area contributed by atoms with Gasteiger partial charge in [0.25, 0.3) is 0 Å². The molecule has 1 aromatic rings. The summed E-state index contributed by atoms with van der Waals surface area (Å²) in [4.78, 5) is 0. The number of nitrogens with one attached hydrogen (secondary N) is 1. The Bertz CT molecular complexity index is 218. The molecule has 0 saturated carbocycles. The highest BCUT2D eigenvalue weighted by atomic mass is 16.5. The van der Waals surface area contributed by atoms with Crippen LogP contribution in [0, 0.1) is 0 Å². The molecule has 2 nitrogen and oxygen atoms in total. The van der Waals surface area contributed by atoms with Crippen molar-refractivity contribution in [1.29, 1.82) is 0 Å². The van der Waals surface area contributed by atoms with Gasteiger partial charge in [0, 0.05) is 6.54 Å². The van der Waals surface area contributed by atoms with Crippen molar-refractivity contribution in [2.45, 2.75) is 27.3 Å². The van der Waals surface area contributed by atoms with E-state index >= 15 is 0 Å². The zero-order chi connectivity index (χ0) is 10.8. The molecule has 1 aromatic carbocycles. The van der Waals surface area contributed by atoms with Crippen LogP contribution in [0.4, 0.5) is 0 Å². The third kappa shape index (κ3) is 4.87. The Hall–Kier alpha value is -1.02. The smallest absolute Gasteiger partial charge is 0.118 e. The van der Waals surface area contributed by atoms with E-state index < -0.39 is 0 Å². The Kier molecular flexibility index (Phi) is 7.95. The van der Waals surface area contributed by atoms with Gasteiger partial charge in [0.15, 0.2) is 0 Å². The quantitative estimate of drug-likeness (QED) is 0.797. The molecule has 80 valence electrons. The highest BCUT2D eigenvalue weighted by molar-refractivity contribution is 5.26. The molecule has 0 bridgehead atoms. The number of benzene rings is 1. The van der Waals surface area contributed by atoms with E-state index in [9.17, 15) is 0 Å². The van der Waals surface area contributed by atoms with E-state index in [0.717, 1.165) is 18.8 Å². The van der Waals surface area contributed by atoms with Crippen molar-refractivity contribution < 1.29 is 4.74 Å². The predicted molar refractivity (Wildman–Crippen MR) is 61.7 cm³/mol. The summed E-state index contributed by atoms with van der Waals surface area (Å²) in [5.41, 5.74) is 1.29. The van der Waals surface area contributed by atoms with Crippen LogP contribution in [0.5, 0.6) is 5.75 Å². The van der Waals surface area contributed by atoms with Gasteiger partial charge in [-0.05, 0) is 24.2 Å². The Morgan fingerprint density at radius 3 is 2.14 bits per heavy atom. The summed E-state index contributed by atoms with van der Waals surface area (Å²) >= 11 is 0. The standard InChI is InChI=1S/C10H15NO.C2H6/c1-3-11-8-9-4-6-10(12-2)7-5-9;1-2/h4-7,11H,3,8H2,1-2H3;1-2H3. The summed E-state index contributed by atoms with van der Waals surface area (Å²) in [5.74, 6) is 0.912. The molecule has 1 N–H and O–H groups in total. The average molecular weight is 195 g/mol. The topological polar surface area (TPSA) is 21.3 Å². The molecule has 0 amide bonds. The molecular weight excluding hydrogens is 174 g/mol. The van der Waals surface area contributed by atoms with Crippen molar-refractivity contribution in [2.75, 3.05) is 13.7 Å². The van der Waals surface area contributed by atoms with E-state index in [1.807, 2.05) is 26.0 Å². The maximum atomic E-state index is 5.05. The zero-order valence-corrected chi connectivity index (χ0v) is 9.63. The second kappa shape index (κ2) is 8.57. The van der Waals surface area contributed by atoms with Gasteiger partial charge in [0.2, 0.25) is 0 Å². The minimum absolute atomic E-state index is 0.912. The van der Waals surface area contributed by atoms with Gasteiger partial charge in [-0.25, -0.2) is 0 Å². The van der Waals surface area contributed by atoms with Crippen molar-refractivity contribution in [3.05, 3.63) is 29.8 Å². The highest BCUT2D eigenvalue weighted by Crippen LogP contribution is 2.10. The lowest BCUT2D eigenvalue weighted by Gasteiger charge is -2.03. The monoisotopic (exact) mass is 195 g/mol. The summed E-state index contributed by atoms with van der Waals surface area (Å²) in [6.45, 7) is 8.04.